The molecule has 32 heavy (non-hydrogen) atoms. The van der Waals surface area contributed by atoms with E-state index >= 15 is 0 Å². The number of ether oxygens (including phenoxy) is 1. The Hall–Kier alpha value is -0.680. The fourth-order valence-electron chi connectivity index (χ4n) is 7.15. The van der Waals surface area contributed by atoms with Gasteiger partial charge in [-0.1, -0.05) is 50.0 Å². The first-order valence-corrected chi connectivity index (χ1v) is 13.2. The first-order valence-electron chi connectivity index (χ1n) is 13.2. The molecule has 3 aliphatic carbocycles. The number of allylic oxidation sites excluding steroid dienone is 3. The molecule has 4 heteroatoms. The van der Waals surface area contributed by atoms with Gasteiger partial charge in [0.2, 0.25) is 0 Å². The fourth-order valence-corrected chi connectivity index (χ4v) is 7.15. The molecule has 3 fully saturated rings. The lowest BCUT2D eigenvalue weighted by molar-refractivity contribution is -0.0122. The van der Waals surface area contributed by atoms with Crippen LogP contribution >= 0.6 is 0 Å². The molecule has 3 rings (SSSR count). The maximum absolute atomic E-state index is 10.4. The lowest BCUT2D eigenvalue weighted by Crippen LogP contribution is -2.49. The van der Waals surface area contributed by atoms with Crippen LogP contribution in [0.2, 0.25) is 0 Å². The first kappa shape index (κ1) is 25.9. The Morgan fingerprint density at radius 1 is 1.25 bits per heavy atom. The molecule has 0 aromatic heterocycles. The monoisotopic (exact) mass is 447 g/mol. The van der Waals surface area contributed by atoms with Crippen LogP contribution in [-0.2, 0) is 4.74 Å². The Morgan fingerprint density at radius 2 is 2.00 bits per heavy atom. The van der Waals surface area contributed by atoms with Crippen molar-refractivity contribution in [3.05, 3.63) is 23.3 Å². The third kappa shape index (κ3) is 6.05. The molecule has 0 saturated heterocycles. The number of hydrogen-bond acceptors (Lipinski definition) is 4. The quantitative estimate of drug-likeness (QED) is 0.458. The van der Waals surface area contributed by atoms with Crippen molar-refractivity contribution in [2.24, 2.45) is 28.9 Å². The third-order valence-electron chi connectivity index (χ3n) is 8.90. The van der Waals surface area contributed by atoms with Gasteiger partial charge >= 0.3 is 0 Å². The van der Waals surface area contributed by atoms with E-state index in [0.717, 1.165) is 25.2 Å². The second-order valence-electron chi connectivity index (χ2n) is 11.9. The van der Waals surface area contributed by atoms with Crippen LogP contribution < -0.4 is 5.73 Å². The minimum atomic E-state index is -0.548. The molecule has 0 aromatic carbocycles. The summed E-state index contributed by atoms with van der Waals surface area (Å²) in [7, 11) is 0. The Kier molecular flexibility index (Phi) is 8.68. The third-order valence-corrected chi connectivity index (χ3v) is 8.90. The highest BCUT2D eigenvalue weighted by Crippen LogP contribution is 2.60. The molecule has 0 bridgehead atoms. The number of aliphatic hydroxyl groups is 2. The molecule has 7 atom stereocenters. The highest BCUT2D eigenvalue weighted by Gasteiger charge is 2.50. The molecule has 0 radical (unpaired) electrons. The van der Waals surface area contributed by atoms with Gasteiger partial charge in [0.15, 0.2) is 0 Å². The summed E-state index contributed by atoms with van der Waals surface area (Å²) in [5.74, 6) is 2.18. The second kappa shape index (κ2) is 10.7. The van der Waals surface area contributed by atoms with Gasteiger partial charge in [-0.25, -0.2) is 0 Å². The maximum atomic E-state index is 10.4. The van der Waals surface area contributed by atoms with E-state index < -0.39 is 11.7 Å². The molecular weight excluding hydrogens is 398 g/mol. The van der Waals surface area contributed by atoms with Gasteiger partial charge in [0.1, 0.15) is 0 Å². The zero-order valence-electron chi connectivity index (χ0n) is 21.3. The van der Waals surface area contributed by atoms with Crippen molar-refractivity contribution in [2.75, 3.05) is 6.61 Å². The second-order valence-corrected chi connectivity index (χ2v) is 11.9. The highest BCUT2D eigenvalue weighted by molar-refractivity contribution is 5.26. The summed E-state index contributed by atoms with van der Waals surface area (Å²) in [4.78, 5) is 0. The highest BCUT2D eigenvalue weighted by atomic mass is 16.5. The van der Waals surface area contributed by atoms with E-state index in [1.807, 2.05) is 20.8 Å². The van der Waals surface area contributed by atoms with E-state index in [1.165, 1.54) is 44.1 Å². The van der Waals surface area contributed by atoms with E-state index in [2.05, 4.69) is 26.0 Å². The van der Waals surface area contributed by atoms with Crippen LogP contribution in [0.5, 0.6) is 0 Å². The summed E-state index contributed by atoms with van der Waals surface area (Å²) in [5.41, 5.74) is 8.91. The van der Waals surface area contributed by atoms with Crippen LogP contribution in [0.1, 0.15) is 98.8 Å². The summed E-state index contributed by atoms with van der Waals surface area (Å²) in [6, 6.07) is -0.286. The molecule has 0 spiro atoms. The molecule has 0 aromatic rings. The Morgan fingerprint density at radius 3 is 2.69 bits per heavy atom. The zero-order chi connectivity index (χ0) is 23.5. The Bertz CT molecular complexity index is 679. The van der Waals surface area contributed by atoms with E-state index in [1.54, 1.807) is 5.57 Å². The standard InChI is InChI=1S/C28H49NO3/c1-6-32-25-18-20(17-24(30)26(25)29)11-12-21-10-8-16-28(5)22(13-14-23(21)28)19(2)9-7-15-27(3,4)31/h11-12,19,22-26,30-31H,6-10,13-18,29H2,1-5H3/b20-11-,21-12+/t19?,22?,23?,24-,25-,26+,28-/m1/s1. The normalized spacial score (nSPS) is 39.4. The molecular formula is C28H49NO3. The van der Waals surface area contributed by atoms with Crippen LogP contribution in [0.15, 0.2) is 23.3 Å². The van der Waals surface area contributed by atoms with E-state index in [4.69, 9.17) is 10.5 Å². The molecule has 3 unspecified atom stereocenters. The van der Waals surface area contributed by atoms with Gasteiger partial charge in [-0.15, -0.1) is 0 Å². The van der Waals surface area contributed by atoms with E-state index in [9.17, 15) is 10.2 Å². The maximum Gasteiger partial charge on any atom is 0.0788 e. The predicted molar refractivity (Wildman–Crippen MR) is 132 cm³/mol. The van der Waals surface area contributed by atoms with Crippen LogP contribution in [0.25, 0.3) is 0 Å². The molecule has 0 heterocycles. The van der Waals surface area contributed by atoms with Crippen molar-refractivity contribution < 1.29 is 14.9 Å². The van der Waals surface area contributed by atoms with Gasteiger partial charge in [-0.2, -0.15) is 0 Å². The van der Waals surface area contributed by atoms with E-state index in [0.29, 0.717) is 30.3 Å². The summed E-state index contributed by atoms with van der Waals surface area (Å²) in [5, 5.41) is 20.5. The smallest absolute Gasteiger partial charge is 0.0788 e. The summed E-state index contributed by atoms with van der Waals surface area (Å²) >= 11 is 0. The predicted octanol–water partition coefficient (Wildman–Crippen LogP) is 5.52. The van der Waals surface area contributed by atoms with Crippen molar-refractivity contribution in [3.63, 3.8) is 0 Å². The van der Waals surface area contributed by atoms with Gasteiger partial charge in [-0.3, -0.25) is 0 Å². The average molecular weight is 448 g/mol. The van der Waals surface area contributed by atoms with Gasteiger partial charge in [0.25, 0.3) is 0 Å². The summed E-state index contributed by atoms with van der Waals surface area (Å²) in [6.45, 7) is 11.5. The lowest BCUT2D eigenvalue weighted by atomic mass is 9.60. The van der Waals surface area contributed by atoms with Crippen molar-refractivity contribution in [1.29, 1.82) is 0 Å². The molecule has 0 amide bonds. The fraction of sp³-hybridized carbons (Fsp3) is 0.857. The van der Waals surface area contributed by atoms with Crippen LogP contribution in [0, 0.1) is 23.2 Å². The van der Waals surface area contributed by atoms with Crippen molar-refractivity contribution in [2.45, 2.75) is 123 Å². The number of nitrogens with two attached hydrogens (primary N) is 1. The van der Waals surface area contributed by atoms with E-state index in [-0.39, 0.29) is 12.1 Å². The SMILES string of the molecule is CCO[C@@H]1C/C(=C\C=C2/CCC[C@@]3(C)C2CCC3C(C)CCCC(C)(C)O)C[C@@H](O)[C@@H]1N. The largest absolute Gasteiger partial charge is 0.391 e. The van der Waals surface area contributed by atoms with Gasteiger partial charge < -0.3 is 20.7 Å². The molecule has 3 saturated carbocycles. The molecule has 0 aliphatic heterocycles. The van der Waals surface area contributed by atoms with Gasteiger partial charge in [0, 0.05) is 6.61 Å². The number of hydrogen-bond donors (Lipinski definition) is 3. The minimum Gasteiger partial charge on any atom is -0.391 e. The molecule has 4 nitrogen and oxygen atoms in total. The lowest BCUT2D eigenvalue weighted by Gasteiger charge is -2.44. The van der Waals surface area contributed by atoms with Crippen molar-refractivity contribution >= 4 is 0 Å². The van der Waals surface area contributed by atoms with Gasteiger partial charge in [0.05, 0.1) is 23.9 Å². The van der Waals surface area contributed by atoms with Crippen molar-refractivity contribution in [3.8, 4) is 0 Å². The van der Waals surface area contributed by atoms with Gasteiger partial charge in [-0.05, 0) is 95.3 Å². The Labute approximate surface area is 196 Å². The Balaban J connectivity index is 1.67. The number of rotatable bonds is 8. The number of aliphatic hydroxyl groups excluding tert-OH is 1. The van der Waals surface area contributed by atoms with Crippen LogP contribution in [-0.4, -0.2) is 40.7 Å². The van der Waals surface area contributed by atoms with Crippen LogP contribution in [0.3, 0.4) is 0 Å². The number of fused-ring (bicyclic) bond motifs is 1. The minimum absolute atomic E-state index is 0.0781. The van der Waals surface area contributed by atoms with Crippen LogP contribution in [0.4, 0.5) is 0 Å². The summed E-state index contributed by atoms with van der Waals surface area (Å²) < 4.78 is 5.80. The molecule has 184 valence electrons. The zero-order valence-corrected chi connectivity index (χ0v) is 21.3. The molecule has 3 aliphatic rings. The van der Waals surface area contributed by atoms with Crippen molar-refractivity contribution in [1.82, 2.24) is 0 Å². The first-order chi connectivity index (χ1) is 15.0. The summed E-state index contributed by atoms with van der Waals surface area (Å²) in [6.07, 6.45) is 15.3. The molecule has 4 N–H and O–H groups in total. The topological polar surface area (TPSA) is 75.7 Å². The average Bonchev–Trinajstić information content (AvgIpc) is 3.06.